The van der Waals surface area contributed by atoms with Crippen LogP contribution in [0.3, 0.4) is 0 Å². The summed E-state index contributed by atoms with van der Waals surface area (Å²) in [6.45, 7) is 2.24. The van der Waals surface area contributed by atoms with Crippen LogP contribution in [-0.2, 0) is 9.59 Å². The molecule has 1 saturated carbocycles. The molecule has 0 bridgehead atoms. The number of amides is 2. The molecule has 24 heavy (non-hydrogen) atoms. The van der Waals surface area contributed by atoms with Gasteiger partial charge in [0.2, 0.25) is 11.8 Å². The Morgan fingerprint density at radius 2 is 2.25 bits per heavy atom. The first-order valence-electron chi connectivity index (χ1n) is 8.32. The molecular formula is C17H21N5O2. The molecule has 0 spiro atoms. The molecule has 0 unspecified atom stereocenters. The van der Waals surface area contributed by atoms with Crippen molar-refractivity contribution in [2.45, 2.75) is 19.3 Å². The van der Waals surface area contributed by atoms with Crippen LogP contribution in [-0.4, -0.2) is 47.9 Å². The number of rotatable bonds is 7. The average molecular weight is 327 g/mol. The highest BCUT2D eigenvalue weighted by molar-refractivity contribution is 5.89. The van der Waals surface area contributed by atoms with Gasteiger partial charge in [-0.3, -0.25) is 9.59 Å². The smallest absolute Gasteiger partial charge is 0.225 e. The predicted octanol–water partition coefficient (Wildman–Crippen LogP) is 0.740. The Morgan fingerprint density at radius 3 is 3.00 bits per heavy atom. The van der Waals surface area contributed by atoms with Gasteiger partial charge in [-0.1, -0.05) is 0 Å². The second-order valence-corrected chi connectivity index (χ2v) is 6.37. The van der Waals surface area contributed by atoms with Gasteiger partial charge in [0, 0.05) is 38.8 Å². The molecule has 1 saturated heterocycles. The van der Waals surface area contributed by atoms with Crippen LogP contribution in [0.2, 0.25) is 0 Å². The van der Waals surface area contributed by atoms with Crippen LogP contribution in [0.15, 0.2) is 18.3 Å². The van der Waals surface area contributed by atoms with E-state index in [4.69, 9.17) is 5.26 Å². The van der Waals surface area contributed by atoms with Gasteiger partial charge in [0.15, 0.2) is 0 Å². The molecule has 2 aliphatic rings. The highest BCUT2D eigenvalue weighted by Gasteiger charge is 2.36. The maximum absolute atomic E-state index is 12.2. The Labute approximate surface area is 141 Å². The molecule has 2 amide bonds. The van der Waals surface area contributed by atoms with Crippen molar-refractivity contribution in [3.63, 3.8) is 0 Å². The fourth-order valence-electron chi connectivity index (χ4n) is 2.88. The fraction of sp³-hybridized carbons (Fsp3) is 0.529. The van der Waals surface area contributed by atoms with Crippen molar-refractivity contribution in [1.82, 2.24) is 15.2 Å². The van der Waals surface area contributed by atoms with Crippen molar-refractivity contribution < 1.29 is 9.59 Å². The Bertz CT molecular complexity index is 665. The van der Waals surface area contributed by atoms with Crippen LogP contribution >= 0.6 is 0 Å². The van der Waals surface area contributed by atoms with E-state index < -0.39 is 0 Å². The summed E-state index contributed by atoms with van der Waals surface area (Å²) in [5.41, 5.74) is 0.473. The maximum Gasteiger partial charge on any atom is 0.225 e. The van der Waals surface area contributed by atoms with Crippen molar-refractivity contribution in [2.24, 2.45) is 11.8 Å². The lowest BCUT2D eigenvalue weighted by Crippen LogP contribution is -2.36. The molecule has 2 N–H and O–H groups in total. The summed E-state index contributed by atoms with van der Waals surface area (Å²) in [6.07, 6.45) is 4.32. The first-order chi connectivity index (χ1) is 11.7. The van der Waals surface area contributed by atoms with E-state index in [1.807, 2.05) is 4.90 Å². The van der Waals surface area contributed by atoms with Gasteiger partial charge in [0.05, 0.1) is 11.5 Å². The van der Waals surface area contributed by atoms with E-state index >= 15 is 0 Å². The maximum atomic E-state index is 12.2. The van der Waals surface area contributed by atoms with Crippen molar-refractivity contribution in [1.29, 1.82) is 5.26 Å². The number of hydrogen-bond donors (Lipinski definition) is 2. The van der Waals surface area contributed by atoms with Crippen LogP contribution < -0.4 is 10.6 Å². The second-order valence-electron chi connectivity index (χ2n) is 6.37. The van der Waals surface area contributed by atoms with Crippen LogP contribution in [0.25, 0.3) is 0 Å². The molecule has 2 fully saturated rings. The van der Waals surface area contributed by atoms with Gasteiger partial charge < -0.3 is 15.5 Å². The third-order valence-electron chi connectivity index (χ3n) is 4.41. The molecule has 1 aliphatic carbocycles. The minimum Gasteiger partial charge on any atom is -0.367 e. The summed E-state index contributed by atoms with van der Waals surface area (Å²) in [7, 11) is 0. The summed E-state index contributed by atoms with van der Waals surface area (Å²) < 4.78 is 0. The van der Waals surface area contributed by atoms with Crippen LogP contribution in [0, 0.1) is 23.2 Å². The van der Waals surface area contributed by atoms with Gasteiger partial charge in [-0.15, -0.1) is 0 Å². The molecule has 0 radical (unpaired) electrons. The number of pyridine rings is 1. The zero-order valence-corrected chi connectivity index (χ0v) is 13.5. The molecule has 7 nitrogen and oxygen atoms in total. The fourth-order valence-corrected chi connectivity index (χ4v) is 2.88. The SMILES string of the molecule is N#Cc1cccnc1NCCNC(=O)[C@H]1CC(=O)N(CC2CC2)C1. The zero-order chi connectivity index (χ0) is 16.9. The van der Waals surface area contributed by atoms with Gasteiger partial charge >= 0.3 is 0 Å². The Morgan fingerprint density at radius 1 is 1.42 bits per heavy atom. The van der Waals surface area contributed by atoms with Gasteiger partial charge in [-0.2, -0.15) is 5.26 Å². The quantitative estimate of drug-likeness (QED) is 0.720. The summed E-state index contributed by atoms with van der Waals surface area (Å²) in [6, 6.07) is 5.46. The number of nitrogens with one attached hydrogen (secondary N) is 2. The van der Waals surface area contributed by atoms with Crippen LogP contribution in [0.1, 0.15) is 24.8 Å². The number of nitriles is 1. The van der Waals surface area contributed by atoms with Crippen LogP contribution in [0.4, 0.5) is 5.82 Å². The lowest BCUT2D eigenvalue weighted by molar-refractivity contribution is -0.129. The highest BCUT2D eigenvalue weighted by atomic mass is 16.2. The van der Waals surface area contributed by atoms with Gasteiger partial charge in [-0.05, 0) is 30.9 Å². The molecule has 2 heterocycles. The Balaban J connectivity index is 1.40. The summed E-state index contributed by atoms with van der Waals surface area (Å²) in [5.74, 6) is 0.923. The summed E-state index contributed by atoms with van der Waals surface area (Å²) in [5, 5.41) is 14.9. The van der Waals surface area contributed by atoms with Gasteiger partial charge in [0.25, 0.3) is 0 Å². The lowest BCUT2D eigenvalue weighted by atomic mass is 10.1. The summed E-state index contributed by atoms with van der Waals surface area (Å²) in [4.78, 5) is 30.0. The number of carbonyl (C=O) groups excluding carboxylic acids is 2. The number of aromatic nitrogens is 1. The van der Waals surface area contributed by atoms with Crippen molar-refractivity contribution in [3.8, 4) is 6.07 Å². The van der Waals surface area contributed by atoms with E-state index in [0.717, 1.165) is 6.54 Å². The molecule has 1 aromatic rings. The van der Waals surface area contributed by atoms with Gasteiger partial charge in [0.1, 0.15) is 11.9 Å². The number of likely N-dealkylation sites (tertiary alicyclic amines) is 1. The van der Waals surface area contributed by atoms with Gasteiger partial charge in [-0.25, -0.2) is 4.98 Å². The topological polar surface area (TPSA) is 98.1 Å². The Kier molecular flexibility index (Phi) is 4.94. The molecule has 126 valence electrons. The summed E-state index contributed by atoms with van der Waals surface area (Å²) >= 11 is 0. The number of hydrogen-bond acceptors (Lipinski definition) is 5. The minimum absolute atomic E-state index is 0.0787. The number of carbonyl (C=O) groups is 2. The lowest BCUT2D eigenvalue weighted by Gasteiger charge is -2.16. The molecule has 1 aromatic heterocycles. The molecule has 1 atom stereocenters. The molecular weight excluding hydrogens is 306 g/mol. The molecule has 7 heteroatoms. The standard InChI is InChI=1S/C17H21N5O2/c18-9-13-2-1-5-19-16(13)20-6-7-21-17(24)14-8-15(23)22(11-14)10-12-3-4-12/h1-2,5,12,14H,3-4,6-8,10-11H2,(H,19,20)(H,21,24)/t14-/m0/s1. The normalized spacial score (nSPS) is 19.9. The predicted molar refractivity (Wildman–Crippen MR) is 87.9 cm³/mol. The number of nitrogens with zero attached hydrogens (tertiary/aromatic N) is 3. The van der Waals surface area contributed by atoms with E-state index in [2.05, 4.69) is 21.7 Å². The average Bonchev–Trinajstić information content (AvgIpc) is 3.34. The Hall–Kier alpha value is -2.62. The van der Waals surface area contributed by atoms with E-state index in [9.17, 15) is 9.59 Å². The zero-order valence-electron chi connectivity index (χ0n) is 13.5. The highest BCUT2D eigenvalue weighted by Crippen LogP contribution is 2.31. The van der Waals surface area contributed by atoms with Crippen molar-refractivity contribution >= 4 is 17.6 Å². The van der Waals surface area contributed by atoms with E-state index in [1.165, 1.54) is 12.8 Å². The minimum atomic E-state index is -0.249. The van der Waals surface area contributed by atoms with E-state index in [-0.39, 0.29) is 17.7 Å². The molecule has 1 aliphatic heterocycles. The van der Waals surface area contributed by atoms with Crippen LogP contribution in [0.5, 0.6) is 0 Å². The monoisotopic (exact) mass is 327 g/mol. The largest absolute Gasteiger partial charge is 0.367 e. The molecule has 3 rings (SSSR count). The van der Waals surface area contributed by atoms with Crippen molar-refractivity contribution in [2.75, 3.05) is 31.5 Å². The second kappa shape index (κ2) is 7.30. The first-order valence-corrected chi connectivity index (χ1v) is 8.32. The van der Waals surface area contributed by atoms with E-state index in [0.29, 0.717) is 43.4 Å². The third-order valence-corrected chi connectivity index (χ3v) is 4.41. The first kappa shape index (κ1) is 16.2. The molecule has 0 aromatic carbocycles. The van der Waals surface area contributed by atoms with Crippen molar-refractivity contribution in [3.05, 3.63) is 23.9 Å². The number of anilines is 1. The van der Waals surface area contributed by atoms with E-state index in [1.54, 1.807) is 18.3 Å². The third kappa shape index (κ3) is 4.02.